The topological polar surface area (TPSA) is 80.7 Å². The van der Waals surface area contributed by atoms with E-state index in [1.807, 2.05) is 20.8 Å². The van der Waals surface area contributed by atoms with Gasteiger partial charge in [-0.15, -0.1) is 0 Å². The van der Waals surface area contributed by atoms with Crippen molar-refractivity contribution < 1.29 is 24.2 Å². The van der Waals surface area contributed by atoms with Crippen molar-refractivity contribution in [3.8, 4) is 0 Å². The van der Waals surface area contributed by atoms with Crippen LogP contribution in [0.4, 0.5) is 0 Å². The molecule has 0 bridgehead atoms. The fourth-order valence-electron chi connectivity index (χ4n) is 8.60. The van der Waals surface area contributed by atoms with E-state index in [9.17, 15) is 19.5 Å². The van der Waals surface area contributed by atoms with Gasteiger partial charge in [-0.1, -0.05) is 57.9 Å². The van der Waals surface area contributed by atoms with Crippen LogP contribution in [0.2, 0.25) is 0 Å². The van der Waals surface area contributed by atoms with E-state index in [-0.39, 0.29) is 51.9 Å². The summed E-state index contributed by atoms with van der Waals surface area (Å²) in [7, 11) is 0. The van der Waals surface area contributed by atoms with Crippen LogP contribution in [0.25, 0.3) is 0 Å². The first-order chi connectivity index (χ1) is 15.2. The molecule has 0 amide bonds. The fourth-order valence-corrected chi connectivity index (χ4v) is 8.60. The summed E-state index contributed by atoms with van der Waals surface area (Å²) in [4.78, 5) is 36.5. The predicted octanol–water partition coefficient (Wildman–Crippen LogP) is 5.51. The van der Waals surface area contributed by atoms with Crippen LogP contribution in [-0.4, -0.2) is 28.9 Å². The van der Waals surface area contributed by atoms with Gasteiger partial charge in [0.15, 0.2) is 5.78 Å². The minimum atomic E-state index is -0.908. The van der Waals surface area contributed by atoms with Crippen LogP contribution in [0.15, 0.2) is 35.5 Å². The molecule has 0 aromatic rings. The quantitative estimate of drug-likeness (QED) is 0.345. The van der Waals surface area contributed by atoms with Crippen LogP contribution in [0, 0.1) is 39.4 Å². The maximum atomic E-state index is 12.9. The second-order valence-electron chi connectivity index (χ2n) is 12.1. The highest BCUT2D eigenvalue weighted by Crippen LogP contribution is 2.72. The van der Waals surface area contributed by atoms with Gasteiger partial charge in [0.05, 0.1) is 0 Å². The summed E-state index contributed by atoms with van der Waals surface area (Å²) in [6.45, 7) is 14.3. The van der Waals surface area contributed by atoms with Crippen molar-refractivity contribution in [1.82, 2.24) is 0 Å². The van der Waals surface area contributed by atoms with Gasteiger partial charge in [0.2, 0.25) is 0 Å². The third-order valence-corrected chi connectivity index (χ3v) is 10.1. The van der Waals surface area contributed by atoms with Crippen molar-refractivity contribution in [1.29, 1.82) is 0 Å². The van der Waals surface area contributed by atoms with Crippen LogP contribution in [0.3, 0.4) is 0 Å². The highest BCUT2D eigenvalue weighted by Gasteiger charge is 2.68. The van der Waals surface area contributed by atoms with E-state index < -0.39 is 11.4 Å². The Labute approximate surface area is 197 Å². The lowest BCUT2D eigenvalue weighted by molar-refractivity contribution is -0.187. The Bertz CT molecular complexity index is 1000. The Balaban J connectivity index is 1.85. The van der Waals surface area contributed by atoms with Crippen molar-refractivity contribution in [2.75, 3.05) is 0 Å². The Hall–Kier alpha value is -2.17. The van der Waals surface area contributed by atoms with Crippen molar-refractivity contribution in [3.05, 3.63) is 35.5 Å². The van der Waals surface area contributed by atoms with Crippen LogP contribution in [0.5, 0.6) is 0 Å². The second-order valence-corrected chi connectivity index (χ2v) is 12.1. The molecule has 2 saturated carbocycles. The highest BCUT2D eigenvalue weighted by molar-refractivity contribution is 5.95. The number of allylic oxidation sites excluding steroid dienone is 4. The Morgan fingerprint density at radius 3 is 2.39 bits per heavy atom. The van der Waals surface area contributed by atoms with Gasteiger partial charge < -0.3 is 9.84 Å². The molecule has 5 nitrogen and oxygen atoms in total. The van der Waals surface area contributed by atoms with Gasteiger partial charge in [-0.2, -0.15) is 0 Å². The summed E-state index contributed by atoms with van der Waals surface area (Å²) in [6, 6.07) is 0. The Morgan fingerprint density at radius 1 is 1.12 bits per heavy atom. The Morgan fingerprint density at radius 2 is 1.79 bits per heavy atom. The average Bonchev–Trinajstić information content (AvgIpc) is 3.05. The van der Waals surface area contributed by atoms with E-state index in [1.54, 1.807) is 6.08 Å². The van der Waals surface area contributed by atoms with Crippen LogP contribution in [0.1, 0.15) is 74.1 Å². The minimum Gasteiger partial charge on any atom is -0.478 e. The van der Waals surface area contributed by atoms with Gasteiger partial charge >= 0.3 is 11.9 Å². The fraction of sp³-hybridized carbons (Fsp3) is 0.679. The van der Waals surface area contributed by atoms with E-state index in [0.29, 0.717) is 6.42 Å². The zero-order valence-corrected chi connectivity index (χ0v) is 21.0. The van der Waals surface area contributed by atoms with Gasteiger partial charge in [-0.25, -0.2) is 4.79 Å². The number of carbonyl (C=O) groups excluding carboxylic acids is 2. The molecule has 1 N–H and O–H groups in total. The molecule has 2 fully saturated rings. The van der Waals surface area contributed by atoms with Crippen molar-refractivity contribution in [2.24, 2.45) is 39.4 Å². The maximum absolute atomic E-state index is 12.9. The van der Waals surface area contributed by atoms with Gasteiger partial charge in [-0.05, 0) is 67.3 Å². The molecule has 7 atom stereocenters. The van der Waals surface area contributed by atoms with Crippen LogP contribution in [-0.2, 0) is 19.1 Å². The normalized spacial score (nSPS) is 43.8. The number of esters is 1. The molecule has 180 valence electrons. The Kier molecular flexibility index (Phi) is 5.39. The second kappa shape index (κ2) is 7.41. The SMILES string of the molecule is CC(=O)OC1CC2C(C)(C)C(=O)C=CC2(C)C2CCC3(C)C(=CCC3C(C)=CC(=O)O)C12C. The van der Waals surface area contributed by atoms with Crippen molar-refractivity contribution in [3.63, 3.8) is 0 Å². The van der Waals surface area contributed by atoms with E-state index in [0.717, 1.165) is 24.8 Å². The zero-order valence-electron chi connectivity index (χ0n) is 21.0. The molecule has 0 spiro atoms. The molecule has 0 aromatic carbocycles. The maximum Gasteiger partial charge on any atom is 0.328 e. The molecular formula is C28H38O5. The molecule has 4 rings (SSSR count). The number of carbonyl (C=O) groups is 3. The molecular weight excluding hydrogens is 416 g/mol. The number of ether oxygens (including phenoxy) is 1. The van der Waals surface area contributed by atoms with Gasteiger partial charge in [0.1, 0.15) is 6.10 Å². The average molecular weight is 455 g/mol. The molecule has 4 aliphatic carbocycles. The number of hydrogen-bond donors (Lipinski definition) is 1. The van der Waals surface area contributed by atoms with E-state index in [2.05, 4.69) is 32.9 Å². The molecule has 33 heavy (non-hydrogen) atoms. The largest absolute Gasteiger partial charge is 0.478 e. The molecule has 0 aromatic heterocycles. The number of ketones is 1. The minimum absolute atomic E-state index is 0.0840. The van der Waals surface area contributed by atoms with Gasteiger partial charge in [0.25, 0.3) is 0 Å². The van der Waals surface area contributed by atoms with Crippen molar-refractivity contribution in [2.45, 2.75) is 80.3 Å². The summed E-state index contributed by atoms with van der Waals surface area (Å²) in [5.41, 5.74) is 0.956. The summed E-state index contributed by atoms with van der Waals surface area (Å²) in [5, 5.41) is 9.35. The number of fused-ring (bicyclic) bond motifs is 5. The lowest BCUT2D eigenvalue weighted by Gasteiger charge is -2.66. The monoisotopic (exact) mass is 454 g/mol. The third-order valence-electron chi connectivity index (χ3n) is 10.1. The number of rotatable bonds is 3. The number of aliphatic carboxylic acids is 1. The smallest absolute Gasteiger partial charge is 0.328 e. The summed E-state index contributed by atoms with van der Waals surface area (Å²) < 4.78 is 6.08. The zero-order chi connectivity index (χ0) is 24.6. The highest BCUT2D eigenvalue weighted by atomic mass is 16.5. The molecule has 0 saturated heterocycles. The molecule has 0 radical (unpaired) electrons. The molecule has 4 aliphatic rings. The summed E-state index contributed by atoms with van der Waals surface area (Å²) in [6.07, 6.45) is 10.6. The van der Waals surface area contributed by atoms with Crippen LogP contribution >= 0.6 is 0 Å². The lowest BCUT2D eigenvalue weighted by atomic mass is 9.38. The number of carboxylic acids is 1. The third kappa shape index (κ3) is 3.21. The first-order valence-corrected chi connectivity index (χ1v) is 12.2. The number of carboxylic acid groups (broad SMARTS) is 1. The first-order valence-electron chi connectivity index (χ1n) is 12.2. The molecule has 0 aliphatic heterocycles. The van der Waals surface area contributed by atoms with E-state index in [1.165, 1.54) is 18.6 Å². The van der Waals surface area contributed by atoms with E-state index in [4.69, 9.17) is 4.74 Å². The van der Waals surface area contributed by atoms with Crippen molar-refractivity contribution >= 4 is 17.7 Å². The first kappa shape index (κ1) is 24.0. The van der Waals surface area contributed by atoms with Gasteiger partial charge in [0, 0.05) is 23.8 Å². The number of hydrogen-bond acceptors (Lipinski definition) is 4. The lowest BCUT2D eigenvalue weighted by Crippen LogP contribution is -2.64. The predicted molar refractivity (Wildman–Crippen MR) is 126 cm³/mol. The molecule has 7 unspecified atom stereocenters. The molecule has 5 heteroatoms. The summed E-state index contributed by atoms with van der Waals surface area (Å²) >= 11 is 0. The summed E-state index contributed by atoms with van der Waals surface area (Å²) in [5.74, 6) is -0.618. The standard InChI is InChI=1S/C28H38O5/c1-16(14-24(31)32)18-8-9-19-26(18,5)12-10-20-27(6)13-11-22(30)25(3,4)21(27)15-23(28(19,20)7)33-17(2)29/h9,11,13-14,18,20-21,23H,8,10,12,15H2,1-7H3,(H,31,32). The van der Waals surface area contributed by atoms with Gasteiger partial charge in [-0.3, -0.25) is 9.59 Å². The molecule has 0 heterocycles. The van der Waals surface area contributed by atoms with E-state index >= 15 is 0 Å². The van der Waals surface area contributed by atoms with Crippen LogP contribution < -0.4 is 0 Å².